The van der Waals surface area contributed by atoms with Gasteiger partial charge < -0.3 is 20.4 Å². The lowest BCUT2D eigenvalue weighted by atomic mass is 9.98. The standard InChI is InChI=1S/C12H19F3N2O4/c1-10(21)4-3-6-17(7-5-10)9(20)16-11(2,8(18)19)12(13,14)15/h21H,3-7H2,1-2H3,(H,16,20)(H,18,19). The molecule has 0 aromatic rings. The van der Waals surface area contributed by atoms with Crippen molar-refractivity contribution >= 4 is 12.0 Å². The number of likely N-dealkylation sites (tertiary alicyclic amines) is 1. The number of carboxylic acids is 1. The highest BCUT2D eigenvalue weighted by atomic mass is 19.4. The smallest absolute Gasteiger partial charge is 0.422 e. The number of nitrogens with one attached hydrogen (secondary N) is 1. The molecule has 1 saturated heterocycles. The molecule has 2 unspecified atom stereocenters. The largest absolute Gasteiger partial charge is 0.479 e. The number of hydrogen-bond donors (Lipinski definition) is 3. The van der Waals surface area contributed by atoms with Crippen molar-refractivity contribution in [2.24, 2.45) is 0 Å². The third kappa shape index (κ3) is 3.99. The van der Waals surface area contributed by atoms with Gasteiger partial charge in [-0.05, 0) is 33.1 Å². The number of amides is 2. The lowest BCUT2D eigenvalue weighted by molar-refractivity contribution is -0.203. The summed E-state index contributed by atoms with van der Waals surface area (Å²) < 4.78 is 38.5. The van der Waals surface area contributed by atoms with Crippen LogP contribution in [-0.4, -0.2) is 57.5 Å². The van der Waals surface area contributed by atoms with Crippen LogP contribution in [0.15, 0.2) is 0 Å². The van der Waals surface area contributed by atoms with Crippen LogP contribution in [0.3, 0.4) is 0 Å². The van der Waals surface area contributed by atoms with E-state index in [1.807, 2.05) is 0 Å². The van der Waals surface area contributed by atoms with E-state index >= 15 is 0 Å². The van der Waals surface area contributed by atoms with Gasteiger partial charge >= 0.3 is 18.2 Å². The van der Waals surface area contributed by atoms with Crippen molar-refractivity contribution in [2.75, 3.05) is 13.1 Å². The second-order valence-electron chi connectivity index (χ2n) is 5.70. The fourth-order valence-electron chi connectivity index (χ4n) is 2.00. The highest BCUT2D eigenvalue weighted by Gasteiger charge is 2.58. The highest BCUT2D eigenvalue weighted by molar-refractivity contribution is 5.86. The summed E-state index contributed by atoms with van der Waals surface area (Å²) in [6.07, 6.45) is -4.05. The van der Waals surface area contributed by atoms with Crippen molar-refractivity contribution < 1.29 is 33.0 Å². The summed E-state index contributed by atoms with van der Waals surface area (Å²) in [6.45, 7) is 2.22. The van der Waals surface area contributed by atoms with Crippen LogP contribution in [0, 0.1) is 0 Å². The Balaban J connectivity index is 2.82. The summed E-state index contributed by atoms with van der Waals surface area (Å²) in [6, 6.07) is -1.10. The predicted octanol–water partition coefficient (Wildman–Crippen LogP) is 1.34. The van der Waals surface area contributed by atoms with E-state index in [1.54, 1.807) is 6.92 Å². The Bertz CT molecular complexity index is 425. The van der Waals surface area contributed by atoms with E-state index in [4.69, 9.17) is 5.11 Å². The molecule has 9 heteroatoms. The quantitative estimate of drug-likeness (QED) is 0.718. The zero-order chi connectivity index (χ0) is 16.5. The molecule has 0 aromatic heterocycles. The second kappa shape index (κ2) is 5.70. The number of aliphatic hydroxyl groups is 1. The molecular weight excluding hydrogens is 293 g/mol. The number of alkyl halides is 3. The Morgan fingerprint density at radius 3 is 2.29 bits per heavy atom. The summed E-state index contributed by atoms with van der Waals surface area (Å²) in [5.41, 5.74) is -4.33. The first-order valence-electron chi connectivity index (χ1n) is 6.49. The fraction of sp³-hybridized carbons (Fsp3) is 0.833. The minimum atomic E-state index is -5.12. The molecule has 0 aliphatic carbocycles. The maximum absolute atomic E-state index is 12.8. The van der Waals surface area contributed by atoms with Crippen LogP contribution in [-0.2, 0) is 4.79 Å². The van der Waals surface area contributed by atoms with Crippen molar-refractivity contribution in [1.82, 2.24) is 10.2 Å². The molecule has 6 nitrogen and oxygen atoms in total. The van der Waals surface area contributed by atoms with Crippen molar-refractivity contribution in [3.05, 3.63) is 0 Å². The van der Waals surface area contributed by atoms with Crippen molar-refractivity contribution in [2.45, 2.75) is 50.4 Å². The van der Waals surface area contributed by atoms with Gasteiger partial charge in [0, 0.05) is 13.1 Å². The Hall–Kier alpha value is -1.51. The van der Waals surface area contributed by atoms with Gasteiger partial charge in [0.15, 0.2) is 0 Å². The Kier molecular flexibility index (Phi) is 4.76. The zero-order valence-electron chi connectivity index (χ0n) is 11.8. The van der Waals surface area contributed by atoms with Gasteiger partial charge in [-0.3, -0.25) is 0 Å². The number of carbonyl (C=O) groups excluding carboxylic acids is 1. The highest BCUT2D eigenvalue weighted by Crippen LogP contribution is 2.31. The van der Waals surface area contributed by atoms with Crippen LogP contribution >= 0.6 is 0 Å². The van der Waals surface area contributed by atoms with Crippen LogP contribution in [0.5, 0.6) is 0 Å². The number of carbonyl (C=O) groups is 2. The number of urea groups is 1. The molecule has 1 aliphatic heterocycles. The SMILES string of the molecule is CC1(O)CCCN(C(=O)NC(C)(C(=O)O)C(F)(F)F)CC1. The van der Waals surface area contributed by atoms with E-state index in [9.17, 15) is 27.9 Å². The molecule has 0 spiro atoms. The molecule has 122 valence electrons. The molecule has 1 rings (SSSR count). The van der Waals surface area contributed by atoms with Crippen LogP contribution in [0.1, 0.15) is 33.1 Å². The van der Waals surface area contributed by atoms with Crippen LogP contribution < -0.4 is 5.32 Å². The molecule has 21 heavy (non-hydrogen) atoms. The van der Waals surface area contributed by atoms with Gasteiger partial charge in [0.05, 0.1) is 5.60 Å². The Morgan fingerprint density at radius 1 is 1.24 bits per heavy atom. The fourth-order valence-corrected chi connectivity index (χ4v) is 2.00. The van der Waals surface area contributed by atoms with Crippen LogP contribution in [0.2, 0.25) is 0 Å². The molecule has 0 saturated carbocycles. The number of nitrogens with zero attached hydrogens (tertiary/aromatic N) is 1. The first kappa shape index (κ1) is 17.5. The monoisotopic (exact) mass is 312 g/mol. The van der Waals surface area contributed by atoms with Gasteiger partial charge in [-0.1, -0.05) is 0 Å². The minimum Gasteiger partial charge on any atom is -0.479 e. The third-order valence-electron chi connectivity index (χ3n) is 3.70. The molecule has 2 amide bonds. The third-order valence-corrected chi connectivity index (χ3v) is 3.70. The Labute approximate surface area is 119 Å². The van der Waals surface area contributed by atoms with Gasteiger partial charge in [0.1, 0.15) is 0 Å². The van der Waals surface area contributed by atoms with Gasteiger partial charge in [-0.25, -0.2) is 9.59 Å². The summed E-state index contributed by atoms with van der Waals surface area (Å²) in [4.78, 5) is 23.9. The van der Waals surface area contributed by atoms with Crippen molar-refractivity contribution in [3.8, 4) is 0 Å². The summed E-state index contributed by atoms with van der Waals surface area (Å²) in [7, 11) is 0. The lowest BCUT2D eigenvalue weighted by Crippen LogP contribution is -2.64. The number of hydrogen-bond acceptors (Lipinski definition) is 3. The van der Waals surface area contributed by atoms with Gasteiger partial charge in [0.2, 0.25) is 5.54 Å². The normalized spacial score (nSPS) is 26.7. The summed E-state index contributed by atoms with van der Waals surface area (Å²) in [5.74, 6) is -2.18. The number of rotatable bonds is 2. The summed E-state index contributed by atoms with van der Waals surface area (Å²) in [5, 5.41) is 20.2. The van der Waals surface area contributed by atoms with E-state index in [-0.39, 0.29) is 19.5 Å². The topological polar surface area (TPSA) is 89.9 Å². The molecule has 0 radical (unpaired) electrons. The molecule has 0 bridgehead atoms. The molecular formula is C12H19F3N2O4. The Morgan fingerprint density at radius 2 is 1.81 bits per heavy atom. The first-order valence-corrected chi connectivity index (χ1v) is 6.49. The number of aliphatic carboxylic acids is 1. The summed E-state index contributed by atoms with van der Waals surface area (Å²) >= 11 is 0. The molecule has 2 atom stereocenters. The zero-order valence-corrected chi connectivity index (χ0v) is 11.8. The van der Waals surface area contributed by atoms with Gasteiger partial charge in [-0.15, -0.1) is 0 Å². The van der Waals surface area contributed by atoms with Crippen molar-refractivity contribution in [3.63, 3.8) is 0 Å². The molecule has 3 N–H and O–H groups in total. The maximum Gasteiger partial charge on any atom is 0.422 e. The maximum atomic E-state index is 12.8. The van der Waals surface area contributed by atoms with Crippen molar-refractivity contribution in [1.29, 1.82) is 0 Å². The predicted molar refractivity (Wildman–Crippen MR) is 66.7 cm³/mol. The van der Waals surface area contributed by atoms with Gasteiger partial charge in [-0.2, -0.15) is 13.2 Å². The van der Waals surface area contributed by atoms with E-state index in [2.05, 4.69) is 0 Å². The van der Waals surface area contributed by atoms with E-state index in [0.29, 0.717) is 19.8 Å². The molecule has 0 aromatic carbocycles. The molecule has 1 fully saturated rings. The average molecular weight is 312 g/mol. The molecule has 1 heterocycles. The number of halogens is 3. The van der Waals surface area contributed by atoms with E-state index in [0.717, 1.165) is 4.90 Å². The van der Waals surface area contributed by atoms with Gasteiger partial charge in [0.25, 0.3) is 0 Å². The molecule has 1 aliphatic rings. The van der Waals surface area contributed by atoms with E-state index in [1.165, 1.54) is 5.32 Å². The minimum absolute atomic E-state index is 0.0619. The first-order chi connectivity index (χ1) is 9.39. The van der Waals surface area contributed by atoms with Crippen LogP contribution in [0.25, 0.3) is 0 Å². The van der Waals surface area contributed by atoms with E-state index < -0.39 is 29.3 Å². The average Bonchev–Trinajstić information content (AvgIpc) is 2.48. The lowest BCUT2D eigenvalue weighted by Gasteiger charge is -2.31. The number of carboxylic acid groups (broad SMARTS) is 1. The van der Waals surface area contributed by atoms with Crippen LogP contribution in [0.4, 0.5) is 18.0 Å². The second-order valence-corrected chi connectivity index (χ2v) is 5.70.